The summed E-state index contributed by atoms with van der Waals surface area (Å²) in [6.45, 7) is 2.51. The molecule has 0 bridgehead atoms. The van der Waals surface area contributed by atoms with Crippen LogP contribution in [0.4, 0.5) is 0 Å². The zero-order chi connectivity index (χ0) is 22.2. The molecule has 1 N–H and O–H groups in total. The number of benzene rings is 1. The van der Waals surface area contributed by atoms with Crippen LogP contribution in [0.2, 0.25) is 5.02 Å². The molecule has 1 aliphatic carbocycles. The average Bonchev–Trinajstić information content (AvgIpc) is 3.33. The number of pyridine rings is 1. The molecule has 0 saturated heterocycles. The molecule has 4 rings (SSSR count). The molecule has 1 aliphatic rings. The highest BCUT2D eigenvalue weighted by Crippen LogP contribution is 2.47. The minimum atomic E-state index is -3.54. The van der Waals surface area contributed by atoms with Gasteiger partial charge < -0.3 is 9.67 Å². The number of nitrogens with zero attached hydrogens (tertiary/aromatic N) is 3. The number of sulfone groups is 1. The monoisotopic (exact) mass is 461 g/mol. The second kappa shape index (κ2) is 8.26. The van der Waals surface area contributed by atoms with Gasteiger partial charge in [0.25, 0.3) is 5.56 Å². The first-order chi connectivity index (χ1) is 14.8. The summed E-state index contributed by atoms with van der Waals surface area (Å²) in [4.78, 5) is 12.1. The molecule has 0 spiro atoms. The molecule has 1 aromatic carbocycles. The van der Waals surface area contributed by atoms with Crippen molar-refractivity contribution < 1.29 is 13.5 Å². The van der Waals surface area contributed by atoms with Crippen molar-refractivity contribution in [2.24, 2.45) is 5.41 Å². The van der Waals surface area contributed by atoms with Crippen molar-refractivity contribution in [3.63, 3.8) is 0 Å². The Morgan fingerprint density at radius 2 is 1.97 bits per heavy atom. The van der Waals surface area contributed by atoms with Gasteiger partial charge in [-0.05, 0) is 37.5 Å². The number of rotatable bonds is 8. The molecule has 0 unspecified atom stereocenters. The molecule has 9 heteroatoms. The molecule has 164 valence electrons. The molecule has 2 aromatic heterocycles. The summed E-state index contributed by atoms with van der Waals surface area (Å²) in [5, 5.41) is 14.1. The van der Waals surface area contributed by atoms with Gasteiger partial charge in [-0.25, -0.2) is 13.1 Å². The first kappa shape index (κ1) is 21.8. The van der Waals surface area contributed by atoms with E-state index in [2.05, 4.69) is 5.10 Å². The van der Waals surface area contributed by atoms with Gasteiger partial charge >= 0.3 is 0 Å². The highest BCUT2D eigenvalue weighted by atomic mass is 35.5. The van der Waals surface area contributed by atoms with Crippen molar-refractivity contribution in [1.82, 2.24) is 14.3 Å². The average molecular weight is 462 g/mol. The number of halogens is 1. The largest absolute Gasteiger partial charge is 0.396 e. The van der Waals surface area contributed by atoms with Crippen LogP contribution >= 0.6 is 11.6 Å². The summed E-state index contributed by atoms with van der Waals surface area (Å²) in [5.41, 5.74) is 1.58. The quantitative estimate of drug-likeness (QED) is 0.555. The summed E-state index contributed by atoms with van der Waals surface area (Å²) in [5.74, 6) is -0.0718. The molecule has 1 fully saturated rings. The van der Waals surface area contributed by atoms with Crippen LogP contribution < -0.4 is 5.56 Å². The number of aliphatic hydroxyl groups is 1. The molecular formula is C22H24ClN3O4S. The summed E-state index contributed by atoms with van der Waals surface area (Å²) in [6, 6.07) is 7.89. The van der Waals surface area contributed by atoms with E-state index in [0.29, 0.717) is 17.1 Å². The van der Waals surface area contributed by atoms with Gasteiger partial charge in [0.1, 0.15) is 0 Å². The van der Waals surface area contributed by atoms with Gasteiger partial charge in [0, 0.05) is 53.2 Å². The van der Waals surface area contributed by atoms with Gasteiger partial charge in [0.05, 0.1) is 22.5 Å². The van der Waals surface area contributed by atoms with E-state index in [1.807, 2.05) is 6.92 Å². The highest BCUT2D eigenvalue weighted by Gasteiger charge is 2.46. The van der Waals surface area contributed by atoms with Crippen LogP contribution in [0.3, 0.4) is 0 Å². The number of hydrogen-bond donors (Lipinski definition) is 1. The van der Waals surface area contributed by atoms with Gasteiger partial charge in [-0.3, -0.25) is 4.79 Å². The summed E-state index contributed by atoms with van der Waals surface area (Å²) < 4.78 is 28.8. The Morgan fingerprint density at radius 3 is 2.61 bits per heavy atom. The molecule has 7 nitrogen and oxygen atoms in total. The number of aromatic nitrogens is 3. The molecule has 0 amide bonds. The Hall–Kier alpha value is -2.42. The van der Waals surface area contributed by atoms with Crippen LogP contribution in [0.5, 0.6) is 0 Å². The Balaban J connectivity index is 1.61. The molecular weight excluding hydrogens is 438 g/mol. The third-order valence-corrected chi connectivity index (χ3v) is 7.96. The molecule has 0 aliphatic heterocycles. The highest BCUT2D eigenvalue weighted by molar-refractivity contribution is 7.91. The maximum Gasteiger partial charge on any atom is 0.250 e. The second-order valence-corrected chi connectivity index (χ2v) is 10.5. The number of aryl methyl sites for hydroxylation is 1. The van der Waals surface area contributed by atoms with Crippen LogP contribution in [-0.2, 0) is 16.4 Å². The maximum absolute atomic E-state index is 12.7. The van der Waals surface area contributed by atoms with Crippen LogP contribution in [0.15, 0.2) is 58.6 Å². The molecule has 0 radical (unpaired) electrons. The molecule has 2 heterocycles. The predicted octanol–water partition coefficient (Wildman–Crippen LogP) is 3.31. The van der Waals surface area contributed by atoms with Crippen LogP contribution in [0, 0.1) is 5.41 Å². The van der Waals surface area contributed by atoms with Gasteiger partial charge in [0.15, 0.2) is 9.84 Å². The minimum absolute atomic E-state index is 0.0630. The Bertz CT molecular complexity index is 1280. The first-order valence-corrected chi connectivity index (χ1v) is 12.2. The fourth-order valence-corrected chi connectivity index (χ4v) is 5.89. The lowest BCUT2D eigenvalue weighted by Gasteiger charge is -2.13. The van der Waals surface area contributed by atoms with Crippen molar-refractivity contribution >= 4 is 21.4 Å². The van der Waals surface area contributed by atoms with Crippen molar-refractivity contribution in [3.8, 4) is 16.8 Å². The van der Waals surface area contributed by atoms with E-state index in [4.69, 9.17) is 11.6 Å². The van der Waals surface area contributed by atoms with E-state index in [-0.39, 0.29) is 22.8 Å². The zero-order valence-electron chi connectivity index (χ0n) is 17.2. The third kappa shape index (κ3) is 4.46. The van der Waals surface area contributed by atoms with E-state index in [1.54, 1.807) is 46.0 Å². The van der Waals surface area contributed by atoms with E-state index < -0.39 is 15.3 Å². The normalized spacial score (nSPS) is 15.2. The topological polar surface area (TPSA) is 94.2 Å². The van der Waals surface area contributed by atoms with Crippen LogP contribution in [0.25, 0.3) is 16.8 Å². The standard InChI is InChI=1S/C22H24ClN3O4S/c1-2-9-25-13-17(3-6-21(25)28)26-12-16(11-24-26)19-5-4-18(10-20(19)23)31(29,30)15-22(14-27)7-8-22/h3-6,10-13,27H,2,7-9,14-15H2,1H3. The lowest BCUT2D eigenvalue weighted by atomic mass is 10.1. The van der Waals surface area contributed by atoms with Crippen LogP contribution in [0.1, 0.15) is 26.2 Å². The Morgan fingerprint density at radius 1 is 1.19 bits per heavy atom. The van der Waals surface area contributed by atoms with Crippen LogP contribution in [-0.4, -0.2) is 40.2 Å². The fourth-order valence-electron chi connectivity index (χ4n) is 3.61. The second-order valence-electron chi connectivity index (χ2n) is 8.15. The third-order valence-electron chi connectivity index (χ3n) is 5.68. The maximum atomic E-state index is 12.7. The smallest absolute Gasteiger partial charge is 0.250 e. The lowest BCUT2D eigenvalue weighted by Crippen LogP contribution is -2.20. The lowest BCUT2D eigenvalue weighted by molar-refractivity contribution is 0.226. The SMILES string of the molecule is CCCn1cc(-n2cc(-c3ccc(S(=O)(=O)CC4(CO)CC4)cc3Cl)cn2)ccc1=O. The van der Waals surface area contributed by atoms with Gasteiger partial charge in [0.2, 0.25) is 0 Å². The first-order valence-electron chi connectivity index (χ1n) is 10.2. The fraction of sp³-hybridized carbons (Fsp3) is 0.364. The van der Waals surface area contributed by atoms with Crippen molar-refractivity contribution in [2.45, 2.75) is 37.6 Å². The van der Waals surface area contributed by atoms with E-state index >= 15 is 0 Å². The van der Waals surface area contributed by atoms with Gasteiger partial charge in [-0.2, -0.15) is 5.10 Å². The summed E-state index contributed by atoms with van der Waals surface area (Å²) in [7, 11) is -3.54. The summed E-state index contributed by atoms with van der Waals surface area (Å²) in [6.07, 6.45) is 7.48. The van der Waals surface area contributed by atoms with E-state index in [9.17, 15) is 18.3 Å². The van der Waals surface area contributed by atoms with E-state index in [1.165, 1.54) is 12.1 Å². The van der Waals surface area contributed by atoms with Crippen molar-refractivity contribution in [3.05, 3.63) is 64.3 Å². The zero-order valence-corrected chi connectivity index (χ0v) is 18.7. The molecule has 0 atom stereocenters. The minimum Gasteiger partial charge on any atom is -0.396 e. The van der Waals surface area contributed by atoms with Gasteiger partial charge in [-0.1, -0.05) is 24.6 Å². The Kier molecular flexibility index (Phi) is 5.81. The predicted molar refractivity (Wildman–Crippen MR) is 119 cm³/mol. The molecule has 3 aromatic rings. The Labute approximate surface area is 185 Å². The summed E-state index contributed by atoms with van der Waals surface area (Å²) >= 11 is 6.44. The van der Waals surface area contributed by atoms with Crippen molar-refractivity contribution in [1.29, 1.82) is 0 Å². The molecule has 31 heavy (non-hydrogen) atoms. The van der Waals surface area contributed by atoms with E-state index in [0.717, 1.165) is 30.5 Å². The molecule has 1 saturated carbocycles. The number of hydrogen-bond acceptors (Lipinski definition) is 5. The van der Waals surface area contributed by atoms with Crippen molar-refractivity contribution in [2.75, 3.05) is 12.4 Å². The number of aliphatic hydroxyl groups excluding tert-OH is 1. The van der Waals surface area contributed by atoms with Gasteiger partial charge in [-0.15, -0.1) is 0 Å².